The third-order valence-corrected chi connectivity index (χ3v) is 5.29. The van der Waals surface area contributed by atoms with E-state index in [1.54, 1.807) is 0 Å². The third kappa shape index (κ3) is 3.16. The second kappa shape index (κ2) is 7.13. The minimum atomic E-state index is 0.756. The molecule has 142 valence electrons. The van der Waals surface area contributed by atoms with E-state index in [0.29, 0.717) is 0 Å². The fourth-order valence-corrected chi connectivity index (χ4v) is 3.84. The molecule has 0 amide bonds. The standard InChI is InChI=1S/C22H23N5O/c1-25-16-19(14-24-25)20-11-18-13-23-22(26-7-9-28-10-8-26)12-21(18)27(20)15-17-5-3-2-4-6-17/h2-6,11-14,16H,7-10,15H2,1H3. The summed E-state index contributed by atoms with van der Waals surface area (Å²) >= 11 is 0. The van der Waals surface area contributed by atoms with Crippen molar-refractivity contribution in [2.75, 3.05) is 31.2 Å². The molecule has 0 N–H and O–H groups in total. The molecule has 0 atom stereocenters. The average molecular weight is 373 g/mol. The number of aryl methyl sites for hydroxylation is 1. The molecule has 6 nitrogen and oxygen atoms in total. The van der Waals surface area contributed by atoms with Crippen molar-refractivity contribution in [1.29, 1.82) is 0 Å². The summed E-state index contributed by atoms with van der Waals surface area (Å²) in [4.78, 5) is 7.03. The predicted molar refractivity (Wildman–Crippen MR) is 111 cm³/mol. The summed E-state index contributed by atoms with van der Waals surface area (Å²) in [5.41, 5.74) is 4.74. The maximum atomic E-state index is 5.49. The number of benzene rings is 1. The van der Waals surface area contributed by atoms with E-state index in [-0.39, 0.29) is 0 Å². The molecule has 4 aromatic rings. The second-order valence-corrected chi connectivity index (χ2v) is 7.20. The molecular weight excluding hydrogens is 350 g/mol. The summed E-state index contributed by atoms with van der Waals surface area (Å²) in [5, 5.41) is 5.51. The van der Waals surface area contributed by atoms with Gasteiger partial charge in [0.2, 0.25) is 0 Å². The molecule has 0 radical (unpaired) electrons. The van der Waals surface area contributed by atoms with Crippen LogP contribution in [0.25, 0.3) is 22.2 Å². The molecule has 5 rings (SSSR count). The quantitative estimate of drug-likeness (QED) is 0.551. The van der Waals surface area contributed by atoms with Crippen molar-refractivity contribution in [3.8, 4) is 11.3 Å². The lowest BCUT2D eigenvalue weighted by Gasteiger charge is -2.27. The molecule has 6 heteroatoms. The highest BCUT2D eigenvalue weighted by molar-refractivity contribution is 5.88. The number of rotatable bonds is 4. The zero-order valence-corrected chi connectivity index (χ0v) is 16.0. The van der Waals surface area contributed by atoms with Crippen molar-refractivity contribution in [2.24, 2.45) is 7.05 Å². The SMILES string of the molecule is Cn1cc(-c2cc3cnc(N4CCOCC4)cc3n2Cc2ccccc2)cn1. The van der Waals surface area contributed by atoms with Crippen LogP contribution in [-0.2, 0) is 18.3 Å². The van der Waals surface area contributed by atoms with Gasteiger partial charge < -0.3 is 14.2 Å². The Labute approximate surface area is 164 Å². The van der Waals surface area contributed by atoms with Crippen LogP contribution in [0.15, 0.2) is 61.1 Å². The zero-order chi connectivity index (χ0) is 18.9. The van der Waals surface area contributed by atoms with Gasteiger partial charge in [-0.2, -0.15) is 5.10 Å². The van der Waals surface area contributed by atoms with E-state index in [1.165, 1.54) is 11.1 Å². The molecule has 1 aliphatic heterocycles. The van der Waals surface area contributed by atoms with Crippen LogP contribution < -0.4 is 4.90 Å². The minimum Gasteiger partial charge on any atom is -0.378 e. The summed E-state index contributed by atoms with van der Waals surface area (Å²) in [7, 11) is 1.95. The summed E-state index contributed by atoms with van der Waals surface area (Å²) in [6, 6.07) is 15.0. The van der Waals surface area contributed by atoms with Gasteiger partial charge in [0.05, 0.1) is 30.6 Å². The van der Waals surface area contributed by atoms with Crippen LogP contribution in [0.5, 0.6) is 0 Å². The number of aromatic nitrogens is 4. The third-order valence-electron chi connectivity index (χ3n) is 5.29. The predicted octanol–water partition coefficient (Wildman–Crippen LogP) is 3.32. The molecular formula is C22H23N5O. The number of morpholine rings is 1. The van der Waals surface area contributed by atoms with E-state index < -0.39 is 0 Å². The van der Waals surface area contributed by atoms with Crippen LogP contribution >= 0.6 is 0 Å². The number of anilines is 1. The largest absolute Gasteiger partial charge is 0.378 e. The van der Waals surface area contributed by atoms with Crippen molar-refractivity contribution in [3.63, 3.8) is 0 Å². The van der Waals surface area contributed by atoms with Crippen LogP contribution in [-0.4, -0.2) is 45.6 Å². The lowest BCUT2D eigenvalue weighted by molar-refractivity contribution is 0.122. The Balaban J connectivity index is 1.64. The van der Waals surface area contributed by atoms with E-state index >= 15 is 0 Å². The van der Waals surface area contributed by atoms with Gasteiger partial charge in [-0.3, -0.25) is 4.68 Å². The number of fused-ring (bicyclic) bond motifs is 1. The first kappa shape index (κ1) is 17.0. The molecule has 3 aromatic heterocycles. The smallest absolute Gasteiger partial charge is 0.130 e. The fourth-order valence-electron chi connectivity index (χ4n) is 3.84. The minimum absolute atomic E-state index is 0.756. The normalized spacial score (nSPS) is 14.7. The Bertz CT molecular complexity index is 1090. The molecule has 1 aromatic carbocycles. The number of hydrogen-bond donors (Lipinski definition) is 0. The lowest BCUT2D eigenvalue weighted by atomic mass is 10.2. The molecule has 0 saturated carbocycles. The van der Waals surface area contributed by atoms with Crippen molar-refractivity contribution in [2.45, 2.75) is 6.54 Å². The Hall–Kier alpha value is -3.12. The molecule has 0 aliphatic carbocycles. The highest BCUT2D eigenvalue weighted by Crippen LogP contribution is 2.30. The molecule has 0 bridgehead atoms. The van der Waals surface area contributed by atoms with Crippen LogP contribution in [0.3, 0.4) is 0 Å². The van der Waals surface area contributed by atoms with Crippen molar-refractivity contribution in [3.05, 3.63) is 66.6 Å². The highest BCUT2D eigenvalue weighted by atomic mass is 16.5. The summed E-state index contributed by atoms with van der Waals surface area (Å²) in [6.45, 7) is 4.08. The van der Waals surface area contributed by atoms with Gasteiger partial charge >= 0.3 is 0 Å². The van der Waals surface area contributed by atoms with Gasteiger partial charge in [0.25, 0.3) is 0 Å². The molecule has 0 unspecified atom stereocenters. The first-order valence-corrected chi connectivity index (χ1v) is 9.63. The molecule has 1 fully saturated rings. The number of hydrogen-bond acceptors (Lipinski definition) is 4. The fraction of sp³-hybridized carbons (Fsp3) is 0.273. The zero-order valence-electron chi connectivity index (χ0n) is 16.0. The molecule has 1 saturated heterocycles. The first-order valence-electron chi connectivity index (χ1n) is 9.63. The Morgan fingerprint density at radius 1 is 1.04 bits per heavy atom. The van der Waals surface area contributed by atoms with Crippen molar-refractivity contribution < 1.29 is 4.74 Å². The van der Waals surface area contributed by atoms with E-state index in [0.717, 1.165) is 55.3 Å². The van der Waals surface area contributed by atoms with Crippen molar-refractivity contribution in [1.82, 2.24) is 19.3 Å². The van der Waals surface area contributed by atoms with Gasteiger partial charge in [-0.25, -0.2) is 4.98 Å². The number of pyridine rings is 1. The topological polar surface area (TPSA) is 48.1 Å². The van der Waals surface area contributed by atoms with Gasteiger partial charge in [-0.15, -0.1) is 0 Å². The van der Waals surface area contributed by atoms with E-state index in [1.807, 2.05) is 24.1 Å². The number of ether oxygens (including phenoxy) is 1. The second-order valence-electron chi connectivity index (χ2n) is 7.20. The average Bonchev–Trinajstić information content (AvgIpc) is 3.33. The van der Waals surface area contributed by atoms with E-state index in [2.05, 4.69) is 63.2 Å². The van der Waals surface area contributed by atoms with Crippen LogP contribution in [0.1, 0.15) is 5.56 Å². The Morgan fingerprint density at radius 2 is 1.86 bits per heavy atom. The summed E-state index contributed by atoms with van der Waals surface area (Å²) in [5.74, 6) is 1.01. The van der Waals surface area contributed by atoms with Crippen LogP contribution in [0.2, 0.25) is 0 Å². The lowest BCUT2D eigenvalue weighted by Crippen LogP contribution is -2.36. The highest BCUT2D eigenvalue weighted by Gasteiger charge is 2.17. The van der Waals surface area contributed by atoms with Gasteiger partial charge in [-0.1, -0.05) is 30.3 Å². The van der Waals surface area contributed by atoms with E-state index in [9.17, 15) is 0 Å². The summed E-state index contributed by atoms with van der Waals surface area (Å²) in [6.07, 6.45) is 5.97. The maximum absolute atomic E-state index is 5.49. The van der Waals surface area contributed by atoms with Gasteiger partial charge in [0.1, 0.15) is 5.82 Å². The van der Waals surface area contributed by atoms with Gasteiger partial charge in [-0.05, 0) is 11.6 Å². The number of nitrogens with zero attached hydrogens (tertiary/aromatic N) is 5. The van der Waals surface area contributed by atoms with Gasteiger partial charge in [0.15, 0.2) is 0 Å². The van der Waals surface area contributed by atoms with Crippen molar-refractivity contribution >= 4 is 16.7 Å². The molecule has 4 heterocycles. The first-order chi connectivity index (χ1) is 13.8. The Kier molecular flexibility index (Phi) is 4.33. The van der Waals surface area contributed by atoms with Gasteiger partial charge in [0, 0.05) is 56.1 Å². The maximum Gasteiger partial charge on any atom is 0.130 e. The molecule has 28 heavy (non-hydrogen) atoms. The monoisotopic (exact) mass is 373 g/mol. The summed E-state index contributed by atoms with van der Waals surface area (Å²) < 4.78 is 9.70. The van der Waals surface area contributed by atoms with Crippen LogP contribution in [0.4, 0.5) is 5.82 Å². The van der Waals surface area contributed by atoms with Crippen LogP contribution in [0, 0.1) is 0 Å². The van der Waals surface area contributed by atoms with E-state index in [4.69, 9.17) is 9.72 Å². The Morgan fingerprint density at radius 3 is 2.61 bits per heavy atom. The molecule has 0 spiro atoms. The molecule has 1 aliphatic rings.